The predicted molar refractivity (Wildman–Crippen MR) is 75.6 cm³/mol. The molecule has 3 aliphatic rings. The molecule has 1 amide bonds. The number of hydrogen-bond acceptors (Lipinski definition) is 1. The van der Waals surface area contributed by atoms with E-state index in [1.54, 1.807) is 0 Å². The second-order valence-electron chi connectivity index (χ2n) is 5.46. The highest BCUT2D eigenvalue weighted by Gasteiger charge is 2.50. The van der Waals surface area contributed by atoms with E-state index in [1.165, 1.54) is 38.5 Å². The van der Waals surface area contributed by atoms with Crippen LogP contribution in [0, 0.1) is 11.3 Å². The number of rotatable bonds is 0. The number of hydrogen-bond donors (Lipinski definition) is 1. The van der Waals surface area contributed by atoms with Gasteiger partial charge in [-0.25, -0.2) is 0 Å². The highest BCUT2D eigenvalue weighted by molar-refractivity contribution is 7.59. The molecule has 1 N–H and O–H groups in total. The standard InChI is InChI=1S/C12H19NO.2H2S/c14-11-12(6-3-7-12)8-9-4-1-2-5-10(9)13-11;;/h9-10H,1-8H2,(H,13,14);2*1H2/t9-,10+;;/m1../s1. The maximum Gasteiger partial charge on any atom is 0.226 e. The predicted octanol–water partition coefficient (Wildman–Crippen LogP) is 2.46. The van der Waals surface area contributed by atoms with E-state index in [4.69, 9.17) is 0 Å². The third-order valence-corrected chi connectivity index (χ3v) is 4.67. The van der Waals surface area contributed by atoms with Gasteiger partial charge in [0.2, 0.25) is 5.91 Å². The Hall–Kier alpha value is 0.170. The molecule has 2 nitrogen and oxygen atoms in total. The van der Waals surface area contributed by atoms with Crippen LogP contribution in [-0.2, 0) is 4.79 Å². The minimum absolute atomic E-state index is 0. The van der Waals surface area contributed by atoms with Gasteiger partial charge in [0.25, 0.3) is 0 Å². The molecule has 1 aliphatic heterocycles. The highest BCUT2D eigenvalue weighted by Crippen LogP contribution is 2.50. The van der Waals surface area contributed by atoms with Crippen molar-refractivity contribution in [3.8, 4) is 0 Å². The van der Waals surface area contributed by atoms with Gasteiger partial charge in [-0.3, -0.25) is 4.79 Å². The molecule has 94 valence electrons. The maximum absolute atomic E-state index is 11.9. The fraction of sp³-hybridized carbons (Fsp3) is 0.917. The number of carbonyl (C=O) groups is 1. The monoisotopic (exact) mass is 261 g/mol. The Kier molecular flexibility index (Phi) is 4.64. The molecule has 1 saturated heterocycles. The zero-order valence-electron chi connectivity index (χ0n) is 9.72. The molecule has 3 rings (SSSR count). The first-order valence-electron chi connectivity index (χ1n) is 6.11. The quantitative estimate of drug-likeness (QED) is 0.713. The van der Waals surface area contributed by atoms with Crippen molar-refractivity contribution in [1.82, 2.24) is 5.32 Å². The molecule has 2 atom stereocenters. The van der Waals surface area contributed by atoms with Crippen LogP contribution in [0.2, 0.25) is 0 Å². The second kappa shape index (κ2) is 5.21. The summed E-state index contributed by atoms with van der Waals surface area (Å²) in [6.45, 7) is 0. The van der Waals surface area contributed by atoms with Gasteiger partial charge >= 0.3 is 0 Å². The van der Waals surface area contributed by atoms with Crippen molar-refractivity contribution in [2.75, 3.05) is 0 Å². The summed E-state index contributed by atoms with van der Waals surface area (Å²) >= 11 is 0. The fourth-order valence-corrected chi connectivity index (χ4v) is 3.59. The third kappa shape index (κ3) is 2.10. The minimum atomic E-state index is 0. The molecular formula is C12H23NOS2. The van der Waals surface area contributed by atoms with E-state index in [0.29, 0.717) is 11.9 Å². The molecule has 1 heterocycles. The summed E-state index contributed by atoms with van der Waals surface area (Å²) in [5, 5.41) is 3.27. The third-order valence-electron chi connectivity index (χ3n) is 4.67. The second-order valence-corrected chi connectivity index (χ2v) is 5.46. The number of amides is 1. The lowest BCUT2D eigenvalue weighted by Crippen LogP contribution is -2.58. The van der Waals surface area contributed by atoms with Crippen LogP contribution in [0.15, 0.2) is 0 Å². The van der Waals surface area contributed by atoms with Crippen molar-refractivity contribution in [3.05, 3.63) is 0 Å². The summed E-state index contributed by atoms with van der Waals surface area (Å²) in [5.74, 6) is 1.19. The van der Waals surface area contributed by atoms with E-state index in [2.05, 4.69) is 5.32 Å². The summed E-state index contributed by atoms with van der Waals surface area (Å²) in [6, 6.07) is 0.530. The summed E-state index contributed by atoms with van der Waals surface area (Å²) < 4.78 is 0. The normalized spacial score (nSPS) is 34.9. The SMILES string of the molecule is O=C1N[C@H]2CCCC[C@@H]2CC12CCC2.S.S. The van der Waals surface area contributed by atoms with Crippen LogP contribution < -0.4 is 5.32 Å². The largest absolute Gasteiger partial charge is 0.353 e. The Labute approximate surface area is 112 Å². The molecule has 1 spiro atoms. The molecular weight excluding hydrogens is 238 g/mol. The van der Waals surface area contributed by atoms with E-state index < -0.39 is 0 Å². The van der Waals surface area contributed by atoms with Crippen LogP contribution >= 0.6 is 27.0 Å². The molecule has 0 aromatic heterocycles. The van der Waals surface area contributed by atoms with Crippen molar-refractivity contribution >= 4 is 32.9 Å². The first-order chi connectivity index (χ1) is 6.80. The molecule has 2 aliphatic carbocycles. The van der Waals surface area contributed by atoms with Crippen molar-refractivity contribution in [2.45, 2.75) is 57.4 Å². The summed E-state index contributed by atoms with van der Waals surface area (Å²) in [4.78, 5) is 11.9. The smallest absolute Gasteiger partial charge is 0.226 e. The van der Waals surface area contributed by atoms with Crippen molar-refractivity contribution in [2.24, 2.45) is 11.3 Å². The summed E-state index contributed by atoms with van der Waals surface area (Å²) in [5.41, 5.74) is 0.0957. The molecule has 0 aromatic carbocycles. The average Bonchev–Trinajstić information content (AvgIpc) is 2.14. The van der Waals surface area contributed by atoms with Gasteiger partial charge < -0.3 is 5.32 Å². The first kappa shape index (κ1) is 14.2. The van der Waals surface area contributed by atoms with Gasteiger partial charge in [0.05, 0.1) is 0 Å². The Morgan fingerprint density at radius 2 is 1.75 bits per heavy atom. The van der Waals surface area contributed by atoms with Crippen LogP contribution in [0.3, 0.4) is 0 Å². The molecule has 2 saturated carbocycles. The van der Waals surface area contributed by atoms with Crippen LogP contribution in [0.5, 0.6) is 0 Å². The summed E-state index contributed by atoms with van der Waals surface area (Å²) in [7, 11) is 0. The topological polar surface area (TPSA) is 29.1 Å². The highest BCUT2D eigenvalue weighted by atomic mass is 32.1. The molecule has 0 aromatic rings. The van der Waals surface area contributed by atoms with E-state index >= 15 is 0 Å². The van der Waals surface area contributed by atoms with E-state index in [1.807, 2.05) is 0 Å². The Morgan fingerprint density at radius 3 is 2.38 bits per heavy atom. The van der Waals surface area contributed by atoms with Gasteiger partial charge in [-0.2, -0.15) is 27.0 Å². The van der Waals surface area contributed by atoms with E-state index in [-0.39, 0.29) is 32.4 Å². The zero-order valence-corrected chi connectivity index (χ0v) is 11.7. The lowest BCUT2D eigenvalue weighted by Gasteiger charge is -2.50. The van der Waals surface area contributed by atoms with Gasteiger partial charge in [0.1, 0.15) is 0 Å². The van der Waals surface area contributed by atoms with Crippen molar-refractivity contribution in [3.63, 3.8) is 0 Å². The first-order valence-corrected chi connectivity index (χ1v) is 6.11. The van der Waals surface area contributed by atoms with Crippen LogP contribution in [0.4, 0.5) is 0 Å². The molecule has 0 bridgehead atoms. The van der Waals surface area contributed by atoms with Gasteiger partial charge in [0, 0.05) is 11.5 Å². The van der Waals surface area contributed by atoms with Crippen LogP contribution in [0.1, 0.15) is 51.4 Å². The van der Waals surface area contributed by atoms with Gasteiger partial charge in [-0.15, -0.1) is 0 Å². The Balaban J connectivity index is 0.000000640. The lowest BCUT2D eigenvalue weighted by atomic mass is 9.59. The van der Waals surface area contributed by atoms with Gasteiger partial charge in [-0.05, 0) is 38.0 Å². The number of nitrogens with one attached hydrogen (secondary N) is 1. The van der Waals surface area contributed by atoms with Crippen LogP contribution in [-0.4, -0.2) is 11.9 Å². The van der Waals surface area contributed by atoms with Gasteiger partial charge in [0.15, 0.2) is 0 Å². The number of carbonyl (C=O) groups excluding carboxylic acids is 1. The number of fused-ring (bicyclic) bond motifs is 1. The maximum atomic E-state index is 11.9. The van der Waals surface area contributed by atoms with Crippen LogP contribution in [0.25, 0.3) is 0 Å². The molecule has 0 radical (unpaired) electrons. The number of piperidine rings is 1. The Morgan fingerprint density at radius 1 is 1.06 bits per heavy atom. The summed E-state index contributed by atoms with van der Waals surface area (Å²) in [6.07, 6.45) is 10.1. The Bertz CT molecular complexity index is 266. The van der Waals surface area contributed by atoms with Gasteiger partial charge in [-0.1, -0.05) is 19.3 Å². The molecule has 3 fully saturated rings. The fourth-order valence-electron chi connectivity index (χ4n) is 3.59. The van der Waals surface area contributed by atoms with Crippen molar-refractivity contribution in [1.29, 1.82) is 0 Å². The lowest BCUT2D eigenvalue weighted by molar-refractivity contribution is -0.144. The van der Waals surface area contributed by atoms with E-state index in [9.17, 15) is 4.79 Å². The average molecular weight is 261 g/mol. The molecule has 16 heavy (non-hydrogen) atoms. The molecule has 4 heteroatoms. The van der Waals surface area contributed by atoms with E-state index in [0.717, 1.165) is 18.8 Å². The zero-order chi connectivity index (χ0) is 9.60. The van der Waals surface area contributed by atoms with Crippen molar-refractivity contribution < 1.29 is 4.79 Å². The minimum Gasteiger partial charge on any atom is -0.353 e. The molecule has 0 unspecified atom stereocenters.